The average Bonchev–Trinajstić information content (AvgIpc) is 2.26. The molecule has 12 heavy (non-hydrogen) atoms. The fourth-order valence-electron chi connectivity index (χ4n) is 2.05. The molecule has 1 aliphatic heterocycles. The van der Waals surface area contributed by atoms with E-state index in [1.807, 2.05) is 6.92 Å². The lowest BCUT2D eigenvalue weighted by Crippen LogP contribution is -2.50. The Morgan fingerprint density at radius 2 is 1.92 bits per heavy atom. The largest absolute Gasteiger partial charge is 0.331 e. The smallest absolute Gasteiger partial charge is 0.280 e. The van der Waals surface area contributed by atoms with Crippen molar-refractivity contribution in [2.24, 2.45) is 5.41 Å². The first-order chi connectivity index (χ1) is 5.47. The summed E-state index contributed by atoms with van der Waals surface area (Å²) in [5, 5.41) is 0. The van der Waals surface area contributed by atoms with Crippen molar-refractivity contribution in [1.29, 1.82) is 0 Å². The van der Waals surface area contributed by atoms with Gasteiger partial charge in [-0.15, -0.1) is 0 Å². The third-order valence-electron chi connectivity index (χ3n) is 2.91. The summed E-state index contributed by atoms with van der Waals surface area (Å²) in [6, 6.07) is 0. The summed E-state index contributed by atoms with van der Waals surface area (Å²) in [4.78, 5) is 0. The molecule has 0 amide bonds. The van der Waals surface area contributed by atoms with E-state index in [1.165, 1.54) is 0 Å². The van der Waals surface area contributed by atoms with Gasteiger partial charge in [-0.05, 0) is 11.8 Å². The molecule has 0 N–H and O–H groups in total. The van der Waals surface area contributed by atoms with Crippen LogP contribution in [0.3, 0.4) is 0 Å². The van der Waals surface area contributed by atoms with E-state index in [-0.39, 0.29) is 17.6 Å². The second-order valence-electron chi connectivity index (χ2n) is 4.45. The lowest BCUT2D eigenvalue weighted by Gasteiger charge is -2.44. The maximum Gasteiger partial charge on any atom is 0.280 e. The highest BCUT2D eigenvalue weighted by Crippen LogP contribution is 2.51. The van der Waals surface area contributed by atoms with Gasteiger partial charge >= 0.3 is 0 Å². The normalized spacial score (nSPS) is 50.0. The van der Waals surface area contributed by atoms with Crippen molar-refractivity contribution in [3.8, 4) is 0 Å². The molecular weight excluding hydrogens is 156 g/mol. The zero-order valence-corrected chi connectivity index (χ0v) is 8.09. The van der Waals surface area contributed by atoms with Crippen LogP contribution in [0.25, 0.3) is 0 Å². The van der Waals surface area contributed by atoms with E-state index in [1.54, 1.807) is 7.11 Å². The molecule has 1 saturated heterocycles. The fourth-order valence-corrected chi connectivity index (χ4v) is 2.05. The summed E-state index contributed by atoms with van der Waals surface area (Å²) < 4.78 is 16.4. The Bertz CT molecular complexity index is 202. The molecule has 3 unspecified atom stereocenters. The number of fused-ring (bicyclic) bond motifs is 1. The van der Waals surface area contributed by atoms with E-state index in [9.17, 15) is 0 Å². The summed E-state index contributed by atoms with van der Waals surface area (Å²) in [5.74, 6) is -0.802. The Balaban J connectivity index is 2.08. The van der Waals surface area contributed by atoms with E-state index < -0.39 is 5.97 Å². The fraction of sp³-hybridized carbons (Fsp3) is 1.00. The SMILES string of the molecule is COC1(C)OC2CC(C)(C)C2O1. The second-order valence-corrected chi connectivity index (χ2v) is 4.45. The van der Waals surface area contributed by atoms with Crippen molar-refractivity contribution in [3.05, 3.63) is 0 Å². The van der Waals surface area contributed by atoms with Crippen LogP contribution >= 0.6 is 0 Å². The molecule has 70 valence electrons. The van der Waals surface area contributed by atoms with Crippen molar-refractivity contribution in [3.63, 3.8) is 0 Å². The lowest BCUT2D eigenvalue weighted by atomic mass is 9.67. The molecule has 1 saturated carbocycles. The minimum atomic E-state index is -0.802. The first-order valence-corrected chi connectivity index (χ1v) is 4.38. The van der Waals surface area contributed by atoms with Crippen molar-refractivity contribution in [1.82, 2.24) is 0 Å². The molecule has 3 heteroatoms. The molecule has 0 aromatic rings. The maximum atomic E-state index is 5.67. The molecule has 3 nitrogen and oxygen atoms in total. The van der Waals surface area contributed by atoms with Gasteiger partial charge in [0.25, 0.3) is 5.97 Å². The first-order valence-electron chi connectivity index (χ1n) is 4.38. The predicted octanol–water partition coefficient (Wildman–Crippen LogP) is 1.52. The van der Waals surface area contributed by atoms with Crippen molar-refractivity contribution in [2.75, 3.05) is 7.11 Å². The van der Waals surface area contributed by atoms with E-state index in [2.05, 4.69) is 13.8 Å². The van der Waals surface area contributed by atoms with Crippen molar-refractivity contribution in [2.45, 2.75) is 45.4 Å². The van der Waals surface area contributed by atoms with Gasteiger partial charge in [0.15, 0.2) is 0 Å². The van der Waals surface area contributed by atoms with Gasteiger partial charge in [-0.3, -0.25) is 0 Å². The Labute approximate surface area is 73.0 Å². The van der Waals surface area contributed by atoms with E-state index >= 15 is 0 Å². The predicted molar refractivity (Wildman–Crippen MR) is 43.6 cm³/mol. The molecule has 0 radical (unpaired) electrons. The molecule has 2 rings (SSSR count). The highest BCUT2D eigenvalue weighted by atomic mass is 16.9. The number of ether oxygens (including phenoxy) is 3. The Kier molecular flexibility index (Phi) is 1.57. The van der Waals surface area contributed by atoms with E-state index in [0.717, 1.165) is 6.42 Å². The third-order valence-corrected chi connectivity index (χ3v) is 2.91. The molecule has 0 spiro atoms. The number of hydrogen-bond acceptors (Lipinski definition) is 3. The van der Waals surface area contributed by atoms with Gasteiger partial charge in [-0.1, -0.05) is 13.8 Å². The van der Waals surface area contributed by atoms with Crippen LogP contribution in [-0.4, -0.2) is 25.3 Å². The van der Waals surface area contributed by atoms with Crippen LogP contribution in [0.1, 0.15) is 27.2 Å². The molecule has 1 heterocycles. The highest BCUT2D eigenvalue weighted by Gasteiger charge is 2.59. The van der Waals surface area contributed by atoms with Crippen LogP contribution in [0.2, 0.25) is 0 Å². The summed E-state index contributed by atoms with van der Waals surface area (Å²) in [6.45, 7) is 6.21. The van der Waals surface area contributed by atoms with Gasteiger partial charge in [0, 0.05) is 14.0 Å². The van der Waals surface area contributed by atoms with Crippen molar-refractivity contribution < 1.29 is 14.2 Å². The standard InChI is InChI=1S/C9H16O3/c1-8(2)5-6-7(8)12-9(3,10-4)11-6/h6-7H,5H2,1-4H3. The molecular formula is C9H16O3. The first kappa shape index (κ1) is 8.48. The monoisotopic (exact) mass is 172 g/mol. The zero-order valence-electron chi connectivity index (χ0n) is 8.09. The van der Waals surface area contributed by atoms with Gasteiger partial charge < -0.3 is 14.2 Å². The van der Waals surface area contributed by atoms with Gasteiger partial charge in [-0.2, -0.15) is 0 Å². The van der Waals surface area contributed by atoms with Crippen molar-refractivity contribution >= 4 is 0 Å². The average molecular weight is 172 g/mol. The molecule has 0 aromatic heterocycles. The Morgan fingerprint density at radius 3 is 2.33 bits per heavy atom. The number of methoxy groups -OCH3 is 1. The number of rotatable bonds is 1. The molecule has 0 bridgehead atoms. The summed E-state index contributed by atoms with van der Waals surface area (Å²) in [7, 11) is 1.61. The van der Waals surface area contributed by atoms with Crippen LogP contribution in [0.5, 0.6) is 0 Å². The minimum absolute atomic E-state index is 0.211. The Hall–Kier alpha value is -0.120. The van der Waals surface area contributed by atoms with Crippen LogP contribution in [0.4, 0.5) is 0 Å². The van der Waals surface area contributed by atoms with E-state index in [4.69, 9.17) is 14.2 Å². The van der Waals surface area contributed by atoms with Crippen LogP contribution in [0, 0.1) is 5.41 Å². The summed E-state index contributed by atoms with van der Waals surface area (Å²) in [6.07, 6.45) is 1.52. The maximum absolute atomic E-state index is 5.67. The van der Waals surface area contributed by atoms with Crippen LogP contribution < -0.4 is 0 Å². The minimum Gasteiger partial charge on any atom is -0.331 e. The molecule has 3 atom stereocenters. The van der Waals surface area contributed by atoms with Crippen LogP contribution in [0.15, 0.2) is 0 Å². The highest BCUT2D eigenvalue weighted by molar-refractivity contribution is 5.02. The van der Waals surface area contributed by atoms with Gasteiger partial charge in [0.05, 0.1) is 12.2 Å². The van der Waals surface area contributed by atoms with Gasteiger partial charge in [0.2, 0.25) is 0 Å². The molecule has 2 aliphatic rings. The quantitative estimate of drug-likeness (QED) is 0.600. The molecule has 0 aromatic carbocycles. The molecule has 1 aliphatic carbocycles. The Morgan fingerprint density at radius 1 is 1.25 bits per heavy atom. The number of hydrogen-bond donors (Lipinski definition) is 0. The van der Waals surface area contributed by atoms with Gasteiger partial charge in [-0.25, -0.2) is 0 Å². The topological polar surface area (TPSA) is 27.7 Å². The van der Waals surface area contributed by atoms with Gasteiger partial charge in [0.1, 0.15) is 0 Å². The third kappa shape index (κ3) is 1.00. The second kappa shape index (κ2) is 2.22. The zero-order chi connectivity index (χ0) is 8.98. The summed E-state index contributed by atoms with van der Waals surface area (Å²) >= 11 is 0. The molecule has 2 fully saturated rings. The summed E-state index contributed by atoms with van der Waals surface area (Å²) in [5.41, 5.74) is 0.251. The lowest BCUT2D eigenvalue weighted by molar-refractivity contribution is -0.315. The van der Waals surface area contributed by atoms with Crippen LogP contribution in [-0.2, 0) is 14.2 Å². The van der Waals surface area contributed by atoms with E-state index in [0.29, 0.717) is 0 Å².